The lowest BCUT2D eigenvalue weighted by Gasteiger charge is -2.33. The fourth-order valence-corrected chi connectivity index (χ4v) is 5.86. The van der Waals surface area contributed by atoms with Crippen LogP contribution in [-0.2, 0) is 14.8 Å². The summed E-state index contributed by atoms with van der Waals surface area (Å²) in [4.78, 5) is 6.79. The maximum atomic E-state index is 11.9. The van der Waals surface area contributed by atoms with Crippen molar-refractivity contribution in [2.75, 3.05) is 24.3 Å². The van der Waals surface area contributed by atoms with Gasteiger partial charge in [-0.05, 0) is 62.1 Å². The predicted molar refractivity (Wildman–Crippen MR) is 124 cm³/mol. The topological polar surface area (TPSA) is 71.5 Å². The van der Waals surface area contributed by atoms with Crippen LogP contribution >= 0.6 is 0 Å². The second-order valence-corrected chi connectivity index (χ2v) is 10.7. The van der Waals surface area contributed by atoms with E-state index in [2.05, 4.69) is 44.9 Å². The maximum absolute atomic E-state index is 11.9. The van der Waals surface area contributed by atoms with E-state index < -0.39 is 10.0 Å². The Morgan fingerprint density at radius 2 is 1.81 bits per heavy atom. The van der Waals surface area contributed by atoms with Gasteiger partial charge in [0.05, 0.1) is 25.0 Å². The summed E-state index contributed by atoms with van der Waals surface area (Å²) in [6, 6.07) is 14.5. The highest BCUT2D eigenvalue weighted by molar-refractivity contribution is 7.88. The van der Waals surface area contributed by atoms with E-state index in [9.17, 15) is 8.42 Å². The van der Waals surface area contributed by atoms with Gasteiger partial charge in [0.25, 0.3) is 0 Å². The van der Waals surface area contributed by atoms with Gasteiger partial charge in [-0.1, -0.05) is 36.4 Å². The number of nitrogens with zero attached hydrogens (tertiary/aromatic N) is 2. The first-order chi connectivity index (χ1) is 14.9. The fraction of sp³-hybridized carbons (Fsp3) is 0.542. The number of hydrogen-bond donors (Lipinski definition) is 1. The molecule has 2 heterocycles. The molecule has 1 saturated heterocycles. The summed E-state index contributed by atoms with van der Waals surface area (Å²) < 4.78 is 33.1. The van der Waals surface area contributed by atoms with Gasteiger partial charge < -0.3 is 9.64 Å². The molecule has 0 bridgehead atoms. The lowest BCUT2D eigenvalue weighted by Crippen LogP contribution is -2.48. The molecule has 168 valence electrons. The summed E-state index contributed by atoms with van der Waals surface area (Å²) >= 11 is 0. The van der Waals surface area contributed by atoms with Gasteiger partial charge in [-0.25, -0.2) is 18.1 Å². The van der Waals surface area contributed by atoms with Crippen molar-refractivity contribution in [1.82, 2.24) is 9.71 Å². The van der Waals surface area contributed by atoms with Crippen molar-refractivity contribution in [3.05, 3.63) is 59.8 Å². The van der Waals surface area contributed by atoms with E-state index in [1.165, 1.54) is 11.8 Å². The van der Waals surface area contributed by atoms with Crippen molar-refractivity contribution in [1.29, 1.82) is 0 Å². The quantitative estimate of drug-likeness (QED) is 0.708. The average Bonchev–Trinajstić information content (AvgIpc) is 3.14. The number of aryl methyl sites for hydroxylation is 1. The zero-order valence-electron chi connectivity index (χ0n) is 18.4. The minimum atomic E-state index is -3.29. The Kier molecular flexibility index (Phi) is 6.94. The molecular weight excluding hydrogens is 410 g/mol. The molecule has 4 rings (SSSR count). The Labute approximate surface area is 186 Å². The summed E-state index contributed by atoms with van der Waals surface area (Å²) in [6.45, 7) is 3.31. The first-order valence-electron chi connectivity index (χ1n) is 11.2. The summed E-state index contributed by atoms with van der Waals surface area (Å²) in [5, 5.41) is 0. The van der Waals surface area contributed by atoms with E-state index in [1.807, 2.05) is 19.1 Å². The van der Waals surface area contributed by atoms with Crippen LogP contribution < -0.4 is 9.62 Å². The van der Waals surface area contributed by atoms with Crippen LogP contribution in [0, 0.1) is 6.92 Å². The van der Waals surface area contributed by atoms with E-state index in [0.717, 1.165) is 50.0 Å². The monoisotopic (exact) mass is 443 g/mol. The molecule has 2 atom stereocenters. The van der Waals surface area contributed by atoms with Gasteiger partial charge in [0.1, 0.15) is 5.82 Å². The van der Waals surface area contributed by atoms with Crippen molar-refractivity contribution in [2.45, 2.75) is 63.1 Å². The second-order valence-electron chi connectivity index (χ2n) is 8.91. The molecule has 0 spiro atoms. The number of hydrogen-bond acceptors (Lipinski definition) is 5. The zero-order chi connectivity index (χ0) is 21.8. The Bertz CT molecular complexity index is 959. The average molecular weight is 444 g/mol. The molecule has 2 aromatic rings. The third-order valence-corrected chi connectivity index (χ3v) is 7.34. The highest BCUT2D eigenvalue weighted by atomic mass is 32.2. The fourth-order valence-electron chi connectivity index (χ4n) is 5.04. The van der Waals surface area contributed by atoms with Gasteiger partial charge in [-0.3, -0.25) is 0 Å². The molecule has 1 N–H and O–H groups in total. The number of anilines is 1. The van der Waals surface area contributed by atoms with Crippen LogP contribution in [0.5, 0.6) is 0 Å². The molecule has 31 heavy (non-hydrogen) atoms. The smallest absolute Gasteiger partial charge is 0.209 e. The minimum absolute atomic E-state index is 0.0600. The predicted octanol–water partition coefficient (Wildman–Crippen LogP) is 3.63. The molecule has 2 fully saturated rings. The van der Waals surface area contributed by atoms with Crippen LogP contribution in [0.3, 0.4) is 0 Å². The molecule has 1 aliphatic carbocycles. The van der Waals surface area contributed by atoms with E-state index in [-0.39, 0.29) is 18.2 Å². The lowest BCUT2D eigenvalue weighted by atomic mass is 9.83. The van der Waals surface area contributed by atoms with Crippen LogP contribution in [0.25, 0.3) is 0 Å². The van der Waals surface area contributed by atoms with Gasteiger partial charge in [-0.15, -0.1) is 0 Å². The summed E-state index contributed by atoms with van der Waals surface area (Å²) in [5.74, 6) is 1.53. The highest BCUT2D eigenvalue weighted by Gasteiger charge is 2.38. The Morgan fingerprint density at radius 3 is 2.48 bits per heavy atom. The number of rotatable bonds is 7. The van der Waals surface area contributed by atoms with Crippen LogP contribution in [0.1, 0.15) is 49.1 Å². The standard InChI is InChI=1S/C24H33N3O3S/c1-18-7-6-15-25-24(18)27-16-14-22(26-31(2,28)29)23(27)17-30-21-12-10-20(11-13-21)19-8-4-3-5-9-19/h3-9,15,20-23,26H,10-14,16-17H2,1-2H3/t20?,21?,22-,23-/m0/s1. The maximum Gasteiger partial charge on any atom is 0.209 e. The van der Waals surface area contributed by atoms with Gasteiger partial charge >= 0.3 is 0 Å². The Hall–Kier alpha value is -1.96. The summed E-state index contributed by atoms with van der Waals surface area (Å²) in [7, 11) is -3.29. The number of aromatic nitrogens is 1. The van der Waals surface area contributed by atoms with Gasteiger partial charge in [0, 0.05) is 18.8 Å². The van der Waals surface area contributed by atoms with Crippen LogP contribution in [-0.4, -0.2) is 51.0 Å². The molecule has 1 aromatic carbocycles. The van der Waals surface area contributed by atoms with Crippen molar-refractivity contribution < 1.29 is 13.2 Å². The van der Waals surface area contributed by atoms with Crippen LogP contribution in [0.15, 0.2) is 48.7 Å². The molecule has 7 heteroatoms. The Balaban J connectivity index is 1.40. The zero-order valence-corrected chi connectivity index (χ0v) is 19.2. The number of pyridine rings is 1. The van der Waals surface area contributed by atoms with Crippen molar-refractivity contribution in [3.8, 4) is 0 Å². The van der Waals surface area contributed by atoms with Crippen LogP contribution in [0.2, 0.25) is 0 Å². The molecule has 2 aliphatic rings. The first-order valence-corrected chi connectivity index (χ1v) is 13.1. The third-order valence-electron chi connectivity index (χ3n) is 6.61. The lowest BCUT2D eigenvalue weighted by molar-refractivity contribution is 0.0156. The second kappa shape index (κ2) is 9.67. The molecular formula is C24H33N3O3S. The largest absolute Gasteiger partial charge is 0.376 e. The first kappa shape index (κ1) is 22.2. The number of sulfonamides is 1. The minimum Gasteiger partial charge on any atom is -0.376 e. The van der Waals surface area contributed by atoms with Crippen molar-refractivity contribution >= 4 is 15.8 Å². The van der Waals surface area contributed by atoms with Crippen LogP contribution in [0.4, 0.5) is 5.82 Å². The van der Waals surface area contributed by atoms with Crippen molar-refractivity contribution in [2.24, 2.45) is 0 Å². The van der Waals surface area contributed by atoms with Gasteiger partial charge in [0.15, 0.2) is 0 Å². The molecule has 0 unspecified atom stereocenters. The molecule has 6 nitrogen and oxygen atoms in total. The molecule has 0 amide bonds. The summed E-state index contributed by atoms with van der Waals surface area (Å²) in [5.41, 5.74) is 2.52. The number of nitrogens with one attached hydrogen (secondary N) is 1. The third kappa shape index (κ3) is 5.64. The van der Waals surface area contributed by atoms with E-state index >= 15 is 0 Å². The van der Waals surface area contributed by atoms with Gasteiger partial charge in [0.2, 0.25) is 10.0 Å². The normalized spacial score (nSPS) is 26.8. The number of ether oxygens (including phenoxy) is 1. The highest BCUT2D eigenvalue weighted by Crippen LogP contribution is 2.34. The SMILES string of the molecule is Cc1cccnc1N1CC[C@H](NS(C)(=O)=O)[C@@H]1COC1CCC(c2ccccc2)CC1. The summed E-state index contributed by atoms with van der Waals surface area (Å²) in [6.07, 6.45) is 8.34. The van der Waals surface area contributed by atoms with E-state index in [0.29, 0.717) is 12.5 Å². The van der Waals surface area contributed by atoms with E-state index in [1.54, 1.807) is 6.20 Å². The van der Waals surface area contributed by atoms with Crippen molar-refractivity contribution in [3.63, 3.8) is 0 Å². The molecule has 1 saturated carbocycles. The molecule has 1 aliphatic heterocycles. The number of benzene rings is 1. The van der Waals surface area contributed by atoms with E-state index in [4.69, 9.17) is 4.74 Å². The Morgan fingerprint density at radius 1 is 1.06 bits per heavy atom. The molecule has 0 radical (unpaired) electrons. The molecule has 1 aromatic heterocycles. The van der Waals surface area contributed by atoms with Gasteiger partial charge in [-0.2, -0.15) is 0 Å².